The highest BCUT2D eigenvalue weighted by molar-refractivity contribution is 9.10. The molecule has 1 heterocycles. The summed E-state index contributed by atoms with van der Waals surface area (Å²) >= 11 is 3.38. The molecule has 0 spiro atoms. The third-order valence-electron chi connectivity index (χ3n) is 3.52. The lowest BCUT2D eigenvalue weighted by Gasteiger charge is -2.07. The molecule has 3 aromatic rings. The van der Waals surface area contributed by atoms with E-state index >= 15 is 0 Å². The molecular formula is C19H13BrNO3-. The maximum atomic E-state index is 10.9. The lowest BCUT2D eigenvalue weighted by molar-refractivity contribution is -0.255. The Morgan fingerprint density at radius 2 is 1.88 bits per heavy atom. The van der Waals surface area contributed by atoms with Crippen molar-refractivity contribution < 1.29 is 14.3 Å². The number of benzene rings is 2. The van der Waals surface area contributed by atoms with Gasteiger partial charge in [-0.1, -0.05) is 28.1 Å². The summed E-state index contributed by atoms with van der Waals surface area (Å²) < 4.78 is 6.77. The number of carbonyl (C=O) groups is 1. The number of furan rings is 1. The third kappa shape index (κ3) is 3.63. The number of hydrogen-bond acceptors (Lipinski definition) is 4. The van der Waals surface area contributed by atoms with Crippen molar-refractivity contribution in [3.63, 3.8) is 0 Å². The summed E-state index contributed by atoms with van der Waals surface area (Å²) in [6.07, 6.45) is 1.65. The summed E-state index contributed by atoms with van der Waals surface area (Å²) in [5, 5.41) is 10.9. The van der Waals surface area contributed by atoms with Crippen molar-refractivity contribution in [1.29, 1.82) is 0 Å². The first kappa shape index (κ1) is 16.2. The summed E-state index contributed by atoms with van der Waals surface area (Å²) in [4.78, 5) is 15.2. The van der Waals surface area contributed by atoms with Crippen molar-refractivity contribution in [1.82, 2.24) is 0 Å². The minimum Gasteiger partial charge on any atom is -0.545 e. The largest absolute Gasteiger partial charge is 0.545 e. The molecule has 0 aliphatic carbocycles. The van der Waals surface area contributed by atoms with Gasteiger partial charge in [0, 0.05) is 10.0 Å². The van der Waals surface area contributed by atoms with Gasteiger partial charge in [0.2, 0.25) is 0 Å². The number of nitrogens with zero attached hydrogens (tertiary/aromatic N) is 1. The second kappa shape index (κ2) is 6.84. The van der Waals surface area contributed by atoms with Gasteiger partial charge in [-0.25, -0.2) is 0 Å². The average molecular weight is 383 g/mol. The van der Waals surface area contributed by atoms with Crippen LogP contribution in [0.3, 0.4) is 0 Å². The second-order valence-corrected chi connectivity index (χ2v) is 6.17. The molecule has 1 aromatic heterocycles. The van der Waals surface area contributed by atoms with Crippen LogP contribution in [0, 0.1) is 6.92 Å². The molecule has 0 radical (unpaired) electrons. The molecule has 2 aromatic carbocycles. The summed E-state index contributed by atoms with van der Waals surface area (Å²) in [7, 11) is 0. The fourth-order valence-electron chi connectivity index (χ4n) is 2.30. The van der Waals surface area contributed by atoms with E-state index in [2.05, 4.69) is 20.9 Å². The molecule has 0 amide bonds. The fourth-order valence-corrected chi connectivity index (χ4v) is 2.56. The second-order valence-electron chi connectivity index (χ2n) is 5.25. The molecule has 0 saturated carbocycles. The van der Waals surface area contributed by atoms with Gasteiger partial charge in [-0.15, -0.1) is 0 Å². The normalized spacial score (nSPS) is 11.1. The molecule has 0 fully saturated rings. The van der Waals surface area contributed by atoms with Gasteiger partial charge in [-0.05, 0) is 60.5 Å². The molecule has 0 atom stereocenters. The molecular weight excluding hydrogens is 370 g/mol. The third-order valence-corrected chi connectivity index (χ3v) is 4.05. The van der Waals surface area contributed by atoms with Gasteiger partial charge in [-0.3, -0.25) is 4.99 Å². The quantitative estimate of drug-likeness (QED) is 0.637. The Balaban J connectivity index is 1.83. The zero-order valence-corrected chi connectivity index (χ0v) is 14.4. The molecule has 120 valence electrons. The number of aliphatic imine (C=N–C) groups is 1. The number of aromatic carboxylic acids is 1. The highest BCUT2D eigenvalue weighted by atomic mass is 79.9. The maximum Gasteiger partial charge on any atom is 0.145 e. The van der Waals surface area contributed by atoms with Crippen LogP contribution in [0.4, 0.5) is 5.69 Å². The van der Waals surface area contributed by atoms with E-state index in [9.17, 15) is 9.90 Å². The predicted octanol–water partition coefficient (Wildman–Crippen LogP) is 4.13. The van der Waals surface area contributed by atoms with Crippen molar-refractivity contribution in [2.75, 3.05) is 0 Å². The van der Waals surface area contributed by atoms with Crippen LogP contribution in [-0.2, 0) is 0 Å². The number of rotatable bonds is 4. The number of carbonyl (C=O) groups excluding carboxylic acids is 1. The van der Waals surface area contributed by atoms with Crippen LogP contribution in [-0.4, -0.2) is 12.2 Å². The standard InChI is InChI=1S/C19H14BrNO3/c1-12-10-13(19(22)23)2-8-17(12)18-9-7-16(24-18)11-21-15-5-3-14(20)4-6-15/h2-11H,1H3,(H,22,23)/p-1. The lowest BCUT2D eigenvalue weighted by atomic mass is 10.0. The molecule has 0 saturated heterocycles. The van der Waals surface area contributed by atoms with Crippen LogP contribution in [0.1, 0.15) is 21.7 Å². The summed E-state index contributed by atoms with van der Waals surface area (Å²) in [6.45, 7) is 1.83. The van der Waals surface area contributed by atoms with E-state index in [-0.39, 0.29) is 5.56 Å². The number of halogens is 1. The molecule has 24 heavy (non-hydrogen) atoms. The van der Waals surface area contributed by atoms with Crippen molar-refractivity contribution in [3.05, 3.63) is 76.0 Å². The zero-order valence-electron chi connectivity index (χ0n) is 12.8. The van der Waals surface area contributed by atoms with Crippen molar-refractivity contribution in [3.8, 4) is 11.3 Å². The van der Waals surface area contributed by atoms with Crippen LogP contribution < -0.4 is 5.11 Å². The summed E-state index contributed by atoms with van der Waals surface area (Å²) in [6, 6.07) is 16.1. The van der Waals surface area contributed by atoms with Crippen molar-refractivity contribution in [2.24, 2.45) is 4.99 Å². The minimum atomic E-state index is -1.19. The van der Waals surface area contributed by atoms with Gasteiger partial charge < -0.3 is 14.3 Å². The Bertz CT molecular complexity index is 911. The Labute approximate surface area is 147 Å². The Morgan fingerprint density at radius 3 is 2.54 bits per heavy atom. The number of aryl methyl sites for hydroxylation is 1. The van der Waals surface area contributed by atoms with Crippen LogP contribution in [0.2, 0.25) is 0 Å². The maximum absolute atomic E-state index is 10.9. The van der Waals surface area contributed by atoms with E-state index in [0.29, 0.717) is 11.5 Å². The van der Waals surface area contributed by atoms with E-state index in [1.807, 2.05) is 43.3 Å². The van der Waals surface area contributed by atoms with Crippen LogP contribution in [0.5, 0.6) is 0 Å². The highest BCUT2D eigenvalue weighted by Gasteiger charge is 2.08. The summed E-state index contributed by atoms with van der Waals surface area (Å²) in [5.41, 5.74) is 2.62. The van der Waals surface area contributed by atoms with Gasteiger partial charge >= 0.3 is 0 Å². The van der Waals surface area contributed by atoms with E-state index in [1.165, 1.54) is 6.07 Å². The van der Waals surface area contributed by atoms with Crippen LogP contribution in [0.25, 0.3) is 11.3 Å². The highest BCUT2D eigenvalue weighted by Crippen LogP contribution is 2.26. The first-order valence-electron chi connectivity index (χ1n) is 7.25. The number of carboxylic acids is 1. The number of hydrogen-bond donors (Lipinski definition) is 0. The fraction of sp³-hybridized carbons (Fsp3) is 0.0526. The lowest BCUT2D eigenvalue weighted by Crippen LogP contribution is -2.22. The Kier molecular flexibility index (Phi) is 4.62. The molecule has 5 heteroatoms. The Morgan fingerprint density at radius 1 is 1.12 bits per heavy atom. The molecule has 0 N–H and O–H groups in total. The molecule has 3 rings (SSSR count). The van der Waals surface area contributed by atoms with E-state index in [1.54, 1.807) is 18.3 Å². The SMILES string of the molecule is Cc1cc(C(=O)[O-])ccc1-c1ccc(C=Nc2ccc(Br)cc2)o1. The molecule has 4 nitrogen and oxygen atoms in total. The minimum absolute atomic E-state index is 0.153. The van der Waals surface area contributed by atoms with Gasteiger partial charge in [0.05, 0.1) is 17.9 Å². The van der Waals surface area contributed by atoms with Gasteiger partial charge in [0.1, 0.15) is 11.5 Å². The monoisotopic (exact) mass is 382 g/mol. The zero-order chi connectivity index (χ0) is 17.1. The van der Waals surface area contributed by atoms with Crippen LogP contribution in [0.15, 0.2) is 68.5 Å². The first-order chi connectivity index (χ1) is 11.5. The molecule has 0 unspecified atom stereocenters. The van der Waals surface area contributed by atoms with Crippen LogP contribution >= 0.6 is 15.9 Å². The van der Waals surface area contributed by atoms with E-state index < -0.39 is 5.97 Å². The number of carboxylic acid groups (broad SMARTS) is 1. The Hall–Kier alpha value is -2.66. The molecule has 0 aliphatic rings. The molecule has 0 bridgehead atoms. The van der Waals surface area contributed by atoms with Crippen molar-refractivity contribution >= 4 is 33.8 Å². The molecule has 0 aliphatic heterocycles. The van der Waals surface area contributed by atoms with Crippen molar-refractivity contribution in [2.45, 2.75) is 6.92 Å². The first-order valence-corrected chi connectivity index (χ1v) is 8.04. The van der Waals surface area contributed by atoms with Gasteiger partial charge in [-0.2, -0.15) is 0 Å². The topological polar surface area (TPSA) is 65.6 Å². The predicted molar refractivity (Wildman–Crippen MR) is 94.6 cm³/mol. The van der Waals surface area contributed by atoms with E-state index in [4.69, 9.17) is 4.42 Å². The smallest absolute Gasteiger partial charge is 0.145 e. The van der Waals surface area contributed by atoms with Gasteiger partial charge in [0.15, 0.2) is 0 Å². The van der Waals surface area contributed by atoms with Gasteiger partial charge in [0.25, 0.3) is 0 Å². The average Bonchev–Trinajstić information content (AvgIpc) is 3.03. The van der Waals surface area contributed by atoms with E-state index in [0.717, 1.165) is 21.3 Å². The summed E-state index contributed by atoms with van der Waals surface area (Å²) in [5.74, 6) is 0.0948.